The lowest BCUT2D eigenvalue weighted by Crippen LogP contribution is -2.42. The topological polar surface area (TPSA) is 32.3 Å². The molecule has 17 heavy (non-hydrogen) atoms. The van der Waals surface area contributed by atoms with E-state index in [0.29, 0.717) is 19.0 Å². The molecule has 2 N–H and O–H groups in total. The molecule has 2 nitrogen and oxygen atoms in total. The third kappa shape index (κ3) is 4.49. The number of hydrogen-bond acceptors (Lipinski definition) is 2. The number of benzene rings is 1. The zero-order valence-corrected chi connectivity index (χ0v) is 11.7. The van der Waals surface area contributed by atoms with Gasteiger partial charge in [0, 0.05) is 19.0 Å². The minimum Gasteiger partial charge on any atom is -0.389 e. The Morgan fingerprint density at radius 3 is 2.24 bits per heavy atom. The van der Waals surface area contributed by atoms with Crippen molar-refractivity contribution in [2.45, 2.75) is 52.7 Å². The first-order valence-corrected chi connectivity index (χ1v) is 6.33. The van der Waals surface area contributed by atoms with Gasteiger partial charge in [-0.3, -0.25) is 0 Å². The molecule has 0 spiro atoms. The Hall–Kier alpha value is -0.860. The summed E-state index contributed by atoms with van der Waals surface area (Å²) in [6.07, 6.45) is 0.700. The van der Waals surface area contributed by atoms with Gasteiger partial charge in [-0.15, -0.1) is 0 Å². The van der Waals surface area contributed by atoms with Crippen molar-refractivity contribution >= 4 is 0 Å². The van der Waals surface area contributed by atoms with Crippen LogP contribution in [-0.2, 0) is 6.42 Å². The van der Waals surface area contributed by atoms with Crippen LogP contribution in [0.2, 0.25) is 0 Å². The molecule has 1 rings (SSSR count). The molecule has 0 heterocycles. The van der Waals surface area contributed by atoms with Gasteiger partial charge in [-0.25, -0.2) is 0 Å². The largest absolute Gasteiger partial charge is 0.389 e. The van der Waals surface area contributed by atoms with E-state index in [1.165, 1.54) is 16.7 Å². The van der Waals surface area contributed by atoms with Gasteiger partial charge in [-0.1, -0.05) is 32.0 Å². The average molecular weight is 235 g/mol. The number of nitrogens with one attached hydrogen (secondary N) is 1. The molecule has 1 unspecified atom stereocenters. The summed E-state index contributed by atoms with van der Waals surface area (Å²) >= 11 is 0. The van der Waals surface area contributed by atoms with E-state index in [1.807, 2.05) is 6.92 Å². The van der Waals surface area contributed by atoms with E-state index >= 15 is 0 Å². The van der Waals surface area contributed by atoms with E-state index in [2.05, 4.69) is 51.2 Å². The van der Waals surface area contributed by atoms with Crippen molar-refractivity contribution in [3.8, 4) is 0 Å². The highest BCUT2D eigenvalue weighted by molar-refractivity contribution is 5.34. The second-order valence-electron chi connectivity index (χ2n) is 5.58. The first-order valence-electron chi connectivity index (χ1n) is 6.33. The van der Waals surface area contributed by atoms with Crippen molar-refractivity contribution in [2.75, 3.05) is 6.54 Å². The maximum Gasteiger partial charge on any atom is 0.0783 e. The molecule has 0 aliphatic heterocycles. The Balaban J connectivity index is 2.75. The molecule has 0 aromatic heterocycles. The summed E-state index contributed by atoms with van der Waals surface area (Å²) < 4.78 is 0. The van der Waals surface area contributed by atoms with E-state index < -0.39 is 5.60 Å². The van der Waals surface area contributed by atoms with Gasteiger partial charge in [0.25, 0.3) is 0 Å². The highest BCUT2D eigenvalue weighted by Gasteiger charge is 2.22. The van der Waals surface area contributed by atoms with E-state index in [-0.39, 0.29) is 0 Å². The zero-order chi connectivity index (χ0) is 13.1. The second-order valence-corrected chi connectivity index (χ2v) is 5.58. The molecule has 1 aromatic rings. The third-order valence-corrected chi connectivity index (χ3v) is 3.09. The number of rotatable bonds is 5. The normalized spacial score (nSPS) is 15.0. The lowest BCUT2D eigenvalue weighted by atomic mass is 9.90. The van der Waals surface area contributed by atoms with Crippen LogP contribution >= 0.6 is 0 Å². The predicted molar refractivity (Wildman–Crippen MR) is 73.4 cm³/mol. The van der Waals surface area contributed by atoms with Gasteiger partial charge in [-0.2, -0.15) is 0 Å². The Morgan fingerprint density at radius 1 is 1.24 bits per heavy atom. The van der Waals surface area contributed by atoms with Gasteiger partial charge in [0.05, 0.1) is 5.60 Å². The van der Waals surface area contributed by atoms with Crippen molar-refractivity contribution in [1.29, 1.82) is 0 Å². The molecule has 0 bridgehead atoms. The number of aryl methyl sites for hydroxylation is 2. The van der Waals surface area contributed by atoms with Crippen molar-refractivity contribution in [3.63, 3.8) is 0 Å². The number of hydrogen-bond donors (Lipinski definition) is 2. The fourth-order valence-electron chi connectivity index (χ4n) is 2.00. The Labute approximate surface area is 105 Å². The van der Waals surface area contributed by atoms with E-state index in [4.69, 9.17) is 0 Å². The quantitative estimate of drug-likeness (QED) is 0.822. The van der Waals surface area contributed by atoms with Crippen LogP contribution in [0.15, 0.2) is 18.2 Å². The van der Waals surface area contributed by atoms with Crippen molar-refractivity contribution < 1.29 is 5.11 Å². The minimum atomic E-state index is -0.693. The average Bonchev–Trinajstić information content (AvgIpc) is 2.21. The first-order chi connectivity index (χ1) is 7.82. The molecule has 0 aliphatic carbocycles. The van der Waals surface area contributed by atoms with Crippen LogP contribution in [0, 0.1) is 13.8 Å². The molecule has 1 aromatic carbocycles. The summed E-state index contributed by atoms with van der Waals surface area (Å²) in [4.78, 5) is 0. The van der Waals surface area contributed by atoms with Gasteiger partial charge in [-0.05, 0) is 37.5 Å². The van der Waals surface area contributed by atoms with Gasteiger partial charge in [0.2, 0.25) is 0 Å². The third-order valence-electron chi connectivity index (χ3n) is 3.09. The van der Waals surface area contributed by atoms with E-state index in [9.17, 15) is 5.11 Å². The fraction of sp³-hybridized carbons (Fsp3) is 0.600. The molecular weight excluding hydrogens is 210 g/mol. The summed E-state index contributed by atoms with van der Waals surface area (Å²) in [5, 5.41) is 13.7. The second kappa shape index (κ2) is 5.65. The first kappa shape index (κ1) is 14.2. The van der Waals surface area contributed by atoms with E-state index in [1.54, 1.807) is 0 Å². The van der Waals surface area contributed by atoms with Gasteiger partial charge in [0.1, 0.15) is 0 Å². The summed E-state index contributed by atoms with van der Waals surface area (Å²) in [6, 6.07) is 6.68. The monoisotopic (exact) mass is 235 g/mol. The van der Waals surface area contributed by atoms with Crippen LogP contribution in [0.5, 0.6) is 0 Å². The van der Waals surface area contributed by atoms with Crippen LogP contribution in [0.25, 0.3) is 0 Å². The molecular formula is C15H25NO. The molecule has 2 heteroatoms. The highest BCUT2D eigenvalue weighted by Crippen LogP contribution is 2.19. The summed E-state index contributed by atoms with van der Waals surface area (Å²) in [5.74, 6) is 0. The van der Waals surface area contributed by atoms with Crippen molar-refractivity contribution in [2.24, 2.45) is 0 Å². The van der Waals surface area contributed by atoms with Crippen LogP contribution in [0.1, 0.15) is 37.5 Å². The van der Waals surface area contributed by atoms with Gasteiger partial charge < -0.3 is 10.4 Å². The molecule has 96 valence electrons. The molecule has 0 saturated carbocycles. The summed E-state index contributed by atoms with van der Waals surface area (Å²) in [6.45, 7) is 10.9. The molecule has 0 aliphatic rings. The minimum absolute atomic E-state index is 0.402. The molecule has 0 fully saturated rings. The maximum absolute atomic E-state index is 10.4. The SMILES string of the molecule is Cc1cccc(C)c1CC(C)(O)CNC(C)C. The van der Waals surface area contributed by atoms with Crippen LogP contribution in [-0.4, -0.2) is 23.3 Å². The molecule has 1 atom stereocenters. The van der Waals surface area contributed by atoms with Crippen molar-refractivity contribution in [3.05, 3.63) is 34.9 Å². The highest BCUT2D eigenvalue weighted by atomic mass is 16.3. The maximum atomic E-state index is 10.4. The van der Waals surface area contributed by atoms with Crippen LogP contribution in [0.4, 0.5) is 0 Å². The summed E-state index contributed by atoms with van der Waals surface area (Å²) in [5.41, 5.74) is 3.09. The smallest absolute Gasteiger partial charge is 0.0783 e. The van der Waals surface area contributed by atoms with Gasteiger partial charge in [0.15, 0.2) is 0 Å². The standard InChI is InChI=1S/C15H25NO/c1-11(2)16-10-15(5,17)9-14-12(3)7-6-8-13(14)4/h6-8,11,16-17H,9-10H2,1-5H3. The molecule has 0 saturated heterocycles. The Bertz CT molecular complexity index is 349. The predicted octanol–water partition coefficient (Wildman–Crippen LogP) is 2.59. The lowest BCUT2D eigenvalue weighted by Gasteiger charge is -2.26. The lowest BCUT2D eigenvalue weighted by molar-refractivity contribution is 0.0578. The van der Waals surface area contributed by atoms with Crippen LogP contribution < -0.4 is 5.32 Å². The van der Waals surface area contributed by atoms with E-state index in [0.717, 1.165) is 0 Å². The number of aliphatic hydroxyl groups is 1. The zero-order valence-electron chi connectivity index (χ0n) is 11.7. The van der Waals surface area contributed by atoms with Crippen molar-refractivity contribution in [1.82, 2.24) is 5.32 Å². The molecule has 0 amide bonds. The van der Waals surface area contributed by atoms with Crippen LogP contribution in [0.3, 0.4) is 0 Å². The Kier molecular flexibility index (Phi) is 4.72. The molecule has 0 radical (unpaired) electrons. The Morgan fingerprint density at radius 2 is 1.76 bits per heavy atom. The van der Waals surface area contributed by atoms with Gasteiger partial charge >= 0.3 is 0 Å². The summed E-state index contributed by atoms with van der Waals surface area (Å²) in [7, 11) is 0. The fourth-order valence-corrected chi connectivity index (χ4v) is 2.00.